The molecule has 0 atom stereocenters. The van der Waals surface area contributed by atoms with Crippen LogP contribution in [0.4, 0.5) is 5.69 Å². The van der Waals surface area contributed by atoms with Gasteiger partial charge in [0.2, 0.25) is 5.91 Å². The number of nitrogens with zero attached hydrogens (tertiary/aromatic N) is 1. The summed E-state index contributed by atoms with van der Waals surface area (Å²) in [5.41, 5.74) is 6.34. The van der Waals surface area contributed by atoms with Gasteiger partial charge in [0.05, 0.1) is 12.9 Å². The van der Waals surface area contributed by atoms with Gasteiger partial charge in [0.25, 0.3) is 0 Å². The van der Waals surface area contributed by atoms with Crippen molar-refractivity contribution in [2.45, 2.75) is 24.8 Å². The van der Waals surface area contributed by atoms with E-state index in [1.165, 1.54) is 11.8 Å². The van der Waals surface area contributed by atoms with Crippen LogP contribution in [0.1, 0.15) is 13.8 Å². The average Bonchev–Trinajstić information content (AvgIpc) is 2.35. The highest BCUT2D eigenvalue weighted by Crippen LogP contribution is 2.31. The molecule has 0 fully saturated rings. The number of hydrogen-bond donors (Lipinski definition) is 1. The number of anilines is 1. The number of carbonyl (C=O) groups is 1. The minimum Gasteiger partial charge on any atom is -0.496 e. The molecule has 0 saturated carbocycles. The molecule has 1 rings (SSSR count). The van der Waals surface area contributed by atoms with Gasteiger partial charge in [-0.05, 0) is 26.0 Å². The number of hydrogen-bond acceptors (Lipinski definition) is 4. The lowest BCUT2D eigenvalue weighted by Gasteiger charge is -2.21. The topological polar surface area (TPSA) is 55.6 Å². The molecule has 18 heavy (non-hydrogen) atoms. The van der Waals surface area contributed by atoms with Crippen LogP contribution in [-0.2, 0) is 4.79 Å². The van der Waals surface area contributed by atoms with Crippen molar-refractivity contribution in [3.05, 3.63) is 18.2 Å². The van der Waals surface area contributed by atoms with E-state index in [1.807, 2.05) is 33.0 Å². The molecule has 0 aliphatic rings. The van der Waals surface area contributed by atoms with Crippen molar-refractivity contribution in [2.75, 3.05) is 25.6 Å². The van der Waals surface area contributed by atoms with Crippen molar-refractivity contribution in [3.8, 4) is 5.75 Å². The highest BCUT2D eigenvalue weighted by molar-refractivity contribution is 8.00. The summed E-state index contributed by atoms with van der Waals surface area (Å²) in [4.78, 5) is 14.5. The van der Waals surface area contributed by atoms with Crippen molar-refractivity contribution >= 4 is 23.4 Å². The second kappa shape index (κ2) is 6.54. The maximum atomic E-state index is 11.9. The number of carbonyl (C=O) groups excluding carboxylic acids is 1. The largest absolute Gasteiger partial charge is 0.496 e. The van der Waals surface area contributed by atoms with Crippen molar-refractivity contribution in [1.82, 2.24) is 4.90 Å². The van der Waals surface area contributed by atoms with Crippen LogP contribution in [0, 0.1) is 0 Å². The molecule has 1 amide bonds. The molecule has 100 valence electrons. The van der Waals surface area contributed by atoms with Gasteiger partial charge in [-0.2, -0.15) is 0 Å². The molecule has 4 nitrogen and oxygen atoms in total. The van der Waals surface area contributed by atoms with Gasteiger partial charge in [0, 0.05) is 29.7 Å². The van der Waals surface area contributed by atoms with E-state index in [4.69, 9.17) is 10.5 Å². The van der Waals surface area contributed by atoms with Crippen molar-refractivity contribution in [3.63, 3.8) is 0 Å². The fourth-order valence-electron chi connectivity index (χ4n) is 1.33. The number of nitrogen functional groups attached to an aromatic ring is 1. The van der Waals surface area contributed by atoms with E-state index < -0.39 is 0 Å². The van der Waals surface area contributed by atoms with Gasteiger partial charge in [0.15, 0.2) is 0 Å². The van der Waals surface area contributed by atoms with Crippen LogP contribution in [-0.4, -0.2) is 36.8 Å². The summed E-state index contributed by atoms with van der Waals surface area (Å²) in [6, 6.07) is 5.66. The first kappa shape index (κ1) is 14.7. The van der Waals surface area contributed by atoms with E-state index in [2.05, 4.69) is 0 Å². The normalized spacial score (nSPS) is 10.5. The molecule has 0 aromatic heterocycles. The van der Waals surface area contributed by atoms with Gasteiger partial charge in [-0.15, -0.1) is 11.8 Å². The van der Waals surface area contributed by atoms with Crippen LogP contribution >= 0.6 is 11.8 Å². The Hall–Kier alpha value is -1.36. The molecule has 0 unspecified atom stereocenters. The quantitative estimate of drug-likeness (QED) is 0.657. The number of nitrogens with two attached hydrogens (primary N) is 1. The van der Waals surface area contributed by atoms with E-state index >= 15 is 0 Å². The molecule has 0 aliphatic carbocycles. The van der Waals surface area contributed by atoms with E-state index in [-0.39, 0.29) is 11.9 Å². The molecular weight excluding hydrogens is 248 g/mol. The maximum absolute atomic E-state index is 11.9. The summed E-state index contributed by atoms with van der Waals surface area (Å²) in [6.07, 6.45) is 0. The predicted molar refractivity (Wildman–Crippen MR) is 76.0 cm³/mol. The van der Waals surface area contributed by atoms with Gasteiger partial charge < -0.3 is 15.4 Å². The van der Waals surface area contributed by atoms with Crippen LogP contribution in [0.2, 0.25) is 0 Å². The van der Waals surface area contributed by atoms with Crippen molar-refractivity contribution < 1.29 is 9.53 Å². The van der Waals surface area contributed by atoms with E-state index in [1.54, 1.807) is 18.1 Å². The second-order valence-electron chi connectivity index (χ2n) is 4.30. The number of rotatable bonds is 5. The van der Waals surface area contributed by atoms with Crippen molar-refractivity contribution in [2.24, 2.45) is 0 Å². The Morgan fingerprint density at radius 1 is 1.50 bits per heavy atom. The summed E-state index contributed by atoms with van der Waals surface area (Å²) < 4.78 is 5.24. The molecule has 0 heterocycles. The number of ether oxygens (including phenoxy) is 1. The predicted octanol–water partition coefficient (Wildman–Crippen LogP) is 2.24. The minimum absolute atomic E-state index is 0.105. The lowest BCUT2D eigenvalue weighted by atomic mass is 10.3. The zero-order chi connectivity index (χ0) is 13.7. The second-order valence-corrected chi connectivity index (χ2v) is 5.31. The van der Waals surface area contributed by atoms with Crippen molar-refractivity contribution in [1.29, 1.82) is 0 Å². The lowest BCUT2D eigenvalue weighted by Crippen LogP contribution is -2.34. The molecule has 0 radical (unpaired) electrons. The molecule has 0 aliphatic heterocycles. The Bertz CT molecular complexity index is 421. The molecule has 1 aromatic carbocycles. The summed E-state index contributed by atoms with van der Waals surface area (Å²) >= 11 is 1.46. The monoisotopic (exact) mass is 268 g/mol. The van der Waals surface area contributed by atoms with Crippen LogP contribution in [0.5, 0.6) is 5.75 Å². The Balaban J connectivity index is 2.66. The molecule has 0 saturated heterocycles. The first-order valence-electron chi connectivity index (χ1n) is 5.77. The Morgan fingerprint density at radius 2 is 2.17 bits per heavy atom. The van der Waals surface area contributed by atoms with E-state index in [0.29, 0.717) is 17.2 Å². The summed E-state index contributed by atoms with van der Waals surface area (Å²) in [7, 11) is 3.41. The van der Waals surface area contributed by atoms with Crippen LogP contribution in [0.3, 0.4) is 0 Å². The third-order valence-corrected chi connectivity index (χ3v) is 3.75. The minimum atomic E-state index is 0.105. The van der Waals surface area contributed by atoms with E-state index in [9.17, 15) is 4.79 Å². The molecule has 0 bridgehead atoms. The standard InChI is InChI=1S/C13H20N2O2S/c1-9(2)15(3)13(16)8-18-12-6-5-10(14)7-11(12)17-4/h5-7,9H,8,14H2,1-4H3. The molecule has 2 N–H and O–H groups in total. The number of amides is 1. The average molecular weight is 268 g/mol. The SMILES string of the molecule is COc1cc(N)ccc1SCC(=O)N(C)C(C)C. The van der Waals surface area contributed by atoms with Gasteiger partial charge >= 0.3 is 0 Å². The Morgan fingerprint density at radius 3 is 2.72 bits per heavy atom. The fourth-order valence-corrected chi connectivity index (χ4v) is 2.26. The van der Waals surface area contributed by atoms with Gasteiger partial charge in [0.1, 0.15) is 5.75 Å². The van der Waals surface area contributed by atoms with E-state index in [0.717, 1.165) is 4.90 Å². The first-order chi connectivity index (χ1) is 8.45. The third kappa shape index (κ3) is 3.84. The zero-order valence-corrected chi connectivity index (χ0v) is 12.1. The first-order valence-corrected chi connectivity index (χ1v) is 6.76. The maximum Gasteiger partial charge on any atom is 0.232 e. The fraction of sp³-hybridized carbons (Fsp3) is 0.462. The number of methoxy groups -OCH3 is 1. The summed E-state index contributed by atoms with van der Waals surface area (Å²) in [5.74, 6) is 1.21. The molecular formula is C13H20N2O2S. The van der Waals surface area contributed by atoms with Gasteiger partial charge in [-0.1, -0.05) is 0 Å². The number of thioether (sulfide) groups is 1. The summed E-state index contributed by atoms with van der Waals surface area (Å²) in [5, 5.41) is 0. The molecule has 1 aromatic rings. The smallest absolute Gasteiger partial charge is 0.232 e. The van der Waals surface area contributed by atoms with Crippen LogP contribution in [0.15, 0.2) is 23.1 Å². The molecule has 5 heteroatoms. The zero-order valence-electron chi connectivity index (χ0n) is 11.3. The molecule has 0 spiro atoms. The number of benzene rings is 1. The van der Waals surface area contributed by atoms with Crippen LogP contribution < -0.4 is 10.5 Å². The lowest BCUT2D eigenvalue weighted by molar-refractivity contribution is -0.128. The summed E-state index contributed by atoms with van der Waals surface area (Å²) in [6.45, 7) is 3.98. The van der Waals surface area contributed by atoms with Crippen LogP contribution in [0.25, 0.3) is 0 Å². The van der Waals surface area contributed by atoms with Gasteiger partial charge in [-0.25, -0.2) is 0 Å². The highest BCUT2D eigenvalue weighted by Gasteiger charge is 2.13. The highest BCUT2D eigenvalue weighted by atomic mass is 32.2. The Kier molecular flexibility index (Phi) is 5.34. The Labute approximate surface area is 112 Å². The third-order valence-electron chi connectivity index (χ3n) is 2.71. The van der Waals surface area contributed by atoms with Gasteiger partial charge in [-0.3, -0.25) is 4.79 Å².